The number of hydrogen-bond donors (Lipinski definition) is 2. The Morgan fingerprint density at radius 1 is 1.31 bits per heavy atom. The number of nitrogens with zero attached hydrogens (tertiary/aromatic N) is 1. The SMILES string of the molecule is Cc1cc2[nH]c(C(F)(F)F)nc2c(N)c1C. The normalized spacial score (nSPS) is 12.3. The van der Waals surface area contributed by atoms with Gasteiger partial charge in [-0.25, -0.2) is 4.98 Å². The van der Waals surface area contributed by atoms with Crippen LogP contribution in [0.3, 0.4) is 0 Å². The zero-order valence-electron chi connectivity index (χ0n) is 8.74. The molecule has 0 amide bonds. The molecular formula is C10H10F3N3. The number of nitrogen functional groups attached to an aromatic ring is 1. The first-order chi connectivity index (χ1) is 7.30. The number of aromatic amines is 1. The molecule has 0 bridgehead atoms. The van der Waals surface area contributed by atoms with Gasteiger partial charge >= 0.3 is 6.18 Å². The van der Waals surface area contributed by atoms with Gasteiger partial charge < -0.3 is 10.7 Å². The van der Waals surface area contributed by atoms with Crippen molar-refractivity contribution in [3.63, 3.8) is 0 Å². The van der Waals surface area contributed by atoms with Crippen LogP contribution in [-0.4, -0.2) is 9.97 Å². The van der Waals surface area contributed by atoms with Crippen LogP contribution in [0.15, 0.2) is 6.07 Å². The molecule has 1 aromatic carbocycles. The maximum absolute atomic E-state index is 12.4. The van der Waals surface area contributed by atoms with E-state index in [1.54, 1.807) is 19.9 Å². The van der Waals surface area contributed by atoms with Crippen LogP contribution in [0, 0.1) is 13.8 Å². The number of fused-ring (bicyclic) bond motifs is 1. The quantitative estimate of drug-likeness (QED) is 0.682. The number of benzene rings is 1. The first kappa shape index (κ1) is 10.8. The number of alkyl halides is 3. The Kier molecular flexibility index (Phi) is 2.11. The Morgan fingerprint density at radius 2 is 1.94 bits per heavy atom. The molecule has 2 rings (SSSR count). The zero-order valence-corrected chi connectivity index (χ0v) is 8.74. The van der Waals surface area contributed by atoms with Crippen LogP contribution < -0.4 is 5.73 Å². The number of hydrogen-bond acceptors (Lipinski definition) is 2. The van der Waals surface area contributed by atoms with Crippen LogP contribution >= 0.6 is 0 Å². The van der Waals surface area contributed by atoms with E-state index in [-0.39, 0.29) is 5.52 Å². The number of nitrogens with one attached hydrogen (secondary N) is 1. The van der Waals surface area contributed by atoms with Gasteiger partial charge in [0.05, 0.1) is 11.2 Å². The molecule has 0 atom stereocenters. The molecule has 1 heterocycles. The molecule has 0 aliphatic heterocycles. The minimum Gasteiger partial charge on any atom is -0.397 e. The third-order valence-electron chi connectivity index (χ3n) is 2.61. The molecule has 0 radical (unpaired) electrons. The highest BCUT2D eigenvalue weighted by atomic mass is 19.4. The minimum absolute atomic E-state index is 0.176. The van der Waals surface area contributed by atoms with Gasteiger partial charge in [0.1, 0.15) is 5.52 Å². The van der Waals surface area contributed by atoms with Gasteiger partial charge in [0.25, 0.3) is 0 Å². The lowest BCUT2D eigenvalue weighted by Crippen LogP contribution is -2.06. The van der Waals surface area contributed by atoms with E-state index in [0.717, 1.165) is 11.1 Å². The summed E-state index contributed by atoms with van der Waals surface area (Å²) in [6, 6.07) is 1.61. The van der Waals surface area contributed by atoms with Gasteiger partial charge in [-0.1, -0.05) is 0 Å². The van der Waals surface area contributed by atoms with Gasteiger partial charge in [-0.05, 0) is 31.0 Å². The first-order valence-corrected chi connectivity index (χ1v) is 4.63. The van der Waals surface area contributed by atoms with Crippen molar-refractivity contribution in [1.29, 1.82) is 0 Å². The lowest BCUT2D eigenvalue weighted by atomic mass is 10.1. The molecule has 2 aromatic rings. The van der Waals surface area contributed by atoms with E-state index in [2.05, 4.69) is 9.97 Å². The maximum Gasteiger partial charge on any atom is 0.449 e. The molecule has 1 aromatic heterocycles. The van der Waals surface area contributed by atoms with E-state index >= 15 is 0 Å². The lowest BCUT2D eigenvalue weighted by Gasteiger charge is -2.03. The van der Waals surface area contributed by atoms with Crippen LogP contribution in [0.4, 0.5) is 18.9 Å². The second-order valence-corrected chi connectivity index (χ2v) is 3.71. The molecule has 0 saturated carbocycles. The smallest absolute Gasteiger partial charge is 0.397 e. The Hall–Kier alpha value is -1.72. The van der Waals surface area contributed by atoms with Gasteiger partial charge in [0.15, 0.2) is 0 Å². The van der Waals surface area contributed by atoms with Crippen molar-refractivity contribution in [2.24, 2.45) is 0 Å². The summed E-state index contributed by atoms with van der Waals surface area (Å²) in [6.45, 7) is 3.55. The number of H-pyrrole nitrogens is 1. The number of aromatic nitrogens is 2. The molecule has 0 aliphatic rings. The average molecular weight is 229 g/mol. The van der Waals surface area contributed by atoms with Crippen LogP contribution in [-0.2, 0) is 6.18 Å². The van der Waals surface area contributed by atoms with E-state index in [1.807, 2.05) is 0 Å². The largest absolute Gasteiger partial charge is 0.449 e. The first-order valence-electron chi connectivity index (χ1n) is 4.63. The van der Waals surface area contributed by atoms with Crippen LogP contribution in [0.1, 0.15) is 17.0 Å². The number of imidazole rings is 1. The molecule has 86 valence electrons. The highest BCUT2D eigenvalue weighted by molar-refractivity contribution is 5.90. The summed E-state index contributed by atoms with van der Waals surface area (Å²) in [5.74, 6) is -1.01. The fourth-order valence-corrected chi connectivity index (χ4v) is 1.55. The lowest BCUT2D eigenvalue weighted by molar-refractivity contribution is -0.144. The summed E-state index contributed by atoms with van der Waals surface area (Å²) in [6.07, 6.45) is -4.48. The average Bonchev–Trinajstić information content (AvgIpc) is 2.57. The number of anilines is 1. The standard InChI is InChI=1S/C10H10F3N3/c1-4-3-6-8(7(14)5(4)2)16-9(15-6)10(11,12)13/h3H,14H2,1-2H3,(H,15,16). The third kappa shape index (κ3) is 1.50. The summed E-state index contributed by atoms with van der Waals surface area (Å²) in [7, 11) is 0. The maximum atomic E-state index is 12.4. The highest BCUT2D eigenvalue weighted by Gasteiger charge is 2.35. The van der Waals surface area contributed by atoms with Crippen LogP contribution in [0.25, 0.3) is 11.0 Å². The number of nitrogens with two attached hydrogens (primary N) is 1. The van der Waals surface area contributed by atoms with Crippen molar-refractivity contribution >= 4 is 16.7 Å². The third-order valence-corrected chi connectivity index (χ3v) is 2.61. The van der Waals surface area contributed by atoms with Gasteiger partial charge in [-0.3, -0.25) is 0 Å². The van der Waals surface area contributed by atoms with Crippen LogP contribution in [0.2, 0.25) is 0 Å². The van der Waals surface area contributed by atoms with Gasteiger partial charge in [-0.15, -0.1) is 0 Å². The van der Waals surface area contributed by atoms with Crippen LogP contribution in [0.5, 0.6) is 0 Å². The van der Waals surface area contributed by atoms with E-state index in [1.165, 1.54) is 0 Å². The highest BCUT2D eigenvalue weighted by Crippen LogP contribution is 2.32. The van der Waals surface area contributed by atoms with Gasteiger partial charge in [0, 0.05) is 0 Å². The number of rotatable bonds is 0. The minimum atomic E-state index is -4.48. The predicted octanol–water partition coefficient (Wildman–Crippen LogP) is 2.78. The van der Waals surface area contributed by atoms with E-state index in [9.17, 15) is 13.2 Å². The Labute approximate surface area is 89.5 Å². The van der Waals surface area contributed by atoms with E-state index in [0.29, 0.717) is 11.2 Å². The molecule has 3 nitrogen and oxygen atoms in total. The summed E-state index contributed by atoms with van der Waals surface area (Å²) in [5, 5.41) is 0. The Bertz CT molecular complexity index is 554. The molecule has 0 spiro atoms. The van der Waals surface area contributed by atoms with Crippen molar-refractivity contribution < 1.29 is 13.2 Å². The van der Waals surface area contributed by atoms with Crippen molar-refractivity contribution in [2.75, 3.05) is 5.73 Å². The topological polar surface area (TPSA) is 54.7 Å². The van der Waals surface area contributed by atoms with Crippen molar-refractivity contribution in [3.8, 4) is 0 Å². The molecule has 0 aliphatic carbocycles. The monoisotopic (exact) mass is 229 g/mol. The number of halogens is 3. The summed E-state index contributed by atoms with van der Waals surface area (Å²) in [5.41, 5.74) is 8.10. The second kappa shape index (κ2) is 3.13. The zero-order chi connectivity index (χ0) is 12.1. The van der Waals surface area contributed by atoms with Gasteiger partial charge in [-0.2, -0.15) is 13.2 Å². The summed E-state index contributed by atoms with van der Waals surface area (Å²) in [4.78, 5) is 5.71. The Morgan fingerprint density at radius 3 is 2.50 bits per heavy atom. The molecule has 6 heteroatoms. The van der Waals surface area contributed by atoms with E-state index < -0.39 is 12.0 Å². The van der Waals surface area contributed by atoms with Crippen molar-refractivity contribution in [2.45, 2.75) is 20.0 Å². The molecule has 0 saturated heterocycles. The molecular weight excluding hydrogens is 219 g/mol. The Balaban J connectivity index is 2.77. The predicted molar refractivity (Wildman–Crippen MR) is 55.0 cm³/mol. The fourth-order valence-electron chi connectivity index (χ4n) is 1.55. The fraction of sp³-hybridized carbons (Fsp3) is 0.300. The number of aryl methyl sites for hydroxylation is 1. The molecule has 3 N–H and O–H groups in total. The second-order valence-electron chi connectivity index (χ2n) is 3.71. The van der Waals surface area contributed by atoms with Crippen molar-refractivity contribution in [3.05, 3.63) is 23.0 Å². The van der Waals surface area contributed by atoms with Crippen molar-refractivity contribution in [1.82, 2.24) is 9.97 Å². The van der Waals surface area contributed by atoms with E-state index in [4.69, 9.17) is 5.73 Å². The molecule has 0 unspecified atom stereocenters. The summed E-state index contributed by atoms with van der Waals surface area (Å²) < 4.78 is 37.3. The summed E-state index contributed by atoms with van der Waals surface area (Å²) >= 11 is 0. The van der Waals surface area contributed by atoms with Gasteiger partial charge in [0.2, 0.25) is 5.82 Å². The molecule has 0 fully saturated rings. The molecule has 16 heavy (non-hydrogen) atoms.